The number of benzene rings is 1. The average Bonchev–Trinajstić information content (AvgIpc) is 2.58. The highest BCUT2D eigenvalue weighted by molar-refractivity contribution is 6.34. The third kappa shape index (κ3) is 1.37. The number of fused-ring (bicyclic) bond motifs is 1. The molecule has 1 aromatic carbocycles. The van der Waals surface area contributed by atoms with Crippen LogP contribution in [-0.2, 0) is 10.2 Å². The topological polar surface area (TPSA) is 66.0 Å². The molecule has 2 N–H and O–H groups in total. The molecular formula is C12H11ClN2O2. The van der Waals surface area contributed by atoms with Crippen molar-refractivity contribution in [2.75, 3.05) is 0 Å². The van der Waals surface area contributed by atoms with Gasteiger partial charge in [-0.3, -0.25) is 9.89 Å². The second kappa shape index (κ2) is 3.47. The Labute approximate surface area is 103 Å². The van der Waals surface area contributed by atoms with Gasteiger partial charge in [0.25, 0.3) is 0 Å². The summed E-state index contributed by atoms with van der Waals surface area (Å²) in [5.41, 5.74) is 0.839. The van der Waals surface area contributed by atoms with E-state index in [0.29, 0.717) is 18.0 Å². The monoisotopic (exact) mass is 250 g/mol. The van der Waals surface area contributed by atoms with Crippen LogP contribution in [0.1, 0.15) is 24.8 Å². The molecule has 0 aliphatic heterocycles. The van der Waals surface area contributed by atoms with E-state index in [-0.39, 0.29) is 0 Å². The SMILES string of the molecule is O=C(O)C1(c2ccc3c(Cl)[nH]nc3c2)CCC1. The minimum atomic E-state index is -0.746. The first kappa shape index (κ1) is 10.6. The maximum absolute atomic E-state index is 11.4. The molecule has 4 nitrogen and oxygen atoms in total. The predicted octanol–water partition coefficient (Wildman–Crippen LogP) is 2.72. The van der Waals surface area contributed by atoms with E-state index in [0.717, 1.165) is 22.9 Å². The first-order valence-corrected chi connectivity index (χ1v) is 5.89. The summed E-state index contributed by atoms with van der Waals surface area (Å²) < 4.78 is 0. The lowest BCUT2D eigenvalue weighted by atomic mass is 9.64. The molecule has 0 saturated heterocycles. The molecular weight excluding hydrogens is 240 g/mol. The van der Waals surface area contributed by atoms with Crippen LogP contribution in [0.4, 0.5) is 0 Å². The van der Waals surface area contributed by atoms with Crippen LogP contribution in [0.5, 0.6) is 0 Å². The van der Waals surface area contributed by atoms with Gasteiger partial charge in [0.15, 0.2) is 0 Å². The van der Waals surface area contributed by atoms with Gasteiger partial charge in [0.1, 0.15) is 5.15 Å². The summed E-state index contributed by atoms with van der Waals surface area (Å²) in [4.78, 5) is 11.4. The Bertz CT molecular complexity index is 602. The zero-order valence-corrected chi connectivity index (χ0v) is 9.79. The fraction of sp³-hybridized carbons (Fsp3) is 0.333. The lowest BCUT2D eigenvalue weighted by molar-refractivity contribution is -0.147. The number of aromatic amines is 1. The van der Waals surface area contributed by atoms with Crippen LogP contribution in [0.3, 0.4) is 0 Å². The Morgan fingerprint density at radius 1 is 1.47 bits per heavy atom. The van der Waals surface area contributed by atoms with Crippen LogP contribution in [0.25, 0.3) is 10.9 Å². The second-order valence-corrected chi connectivity index (χ2v) is 4.89. The van der Waals surface area contributed by atoms with Crippen molar-refractivity contribution >= 4 is 28.5 Å². The Morgan fingerprint density at radius 3 is 2.82 bits per heavy atom. The van der Waals surface area contributed by atoms with E-state index in [4.69, 9.17) is 11.6 Å². The van der Waals surface area contributed by atoms with E-state index in [2.05, 4.69) is 10.2 Å². The number of hydrogen-bond donors (Lipinski definition) is 2. The molecule has 1 aliphatic rings. The van der Waals surface area contributed by atoms with Gasteiger partial charge >= 0.3 is 5.97 Å². The molecule has 17 heavy (non-hydrogen) atoms. The molecule has 0 atom stereocenters. The van der Waals surface area contributed by atoms with Crippen LogP contribution in [0.2, 0.25) is 5.15 Å². The molecule has 1 aliphatic carbocycles. The van der Waals surface area contributed by atoms with Crippen LogP contribution in [0, 0.1) is 0 Å². The molecule has 1 heterocycles. The number of aliphatic carboxylic acids is 1. The van der Waals surface area contributed by atoms with Crippen molar-refractivity contribution in [1.82, 2.24) is 10.2 Å². The largest absolute Gasteiger partial charge is 0.481 e. The van der Waals surface area contributed by atoms with Crippen molar-refractivity contribution in [3.05, 3.63) is 28.9 Å². The fourth-order valence-electron chi connectivity index (χ4n) is 2.43. The van der Waals surface area contributed by atoms with Gasteiger partial charge in [-0.2, -0.15) is 5.10 Å². The highest BCUT2D eigenvalue weighted by Crippen LogP contribution is 2.44. The standard InChI is InChI=1S/C12H11ClN2O2/c13-10-8-3-2-7(6-9(8)14-15-10)12(11(16)17)4-1-5-12/h2-3,6H,1,4-5H2,(H,14,15)(H,16,17). The van der Waals surface area contributed by atoms with Crippen molar-refractivity contribution in [2.45, 2.75) is 24.7 Å². The predicted molar refractivity (Wildman–Crippen MR) is 64.3 cm³/mol. The highest BCUT2D eigenvalue weighted by Gasteiger charge is 2.46. The number of carboxylic acids is 1. The Hall–Kier alpha value is -1.55. The summed E-state index contributed by atoms with van der Waals surface area (Å²) in [6, 6.07) is 5.50. The molecule has 1 aromatic heterocycles. The quantitative estimate of drug-likeness (QED) is 0.861. The lowest BCUT2D eigenvalue weighted by Gasteiger charge is -2.38. The van der Waals surface area contributed by atoms with Crippen molar-refractivity contribution in [1.29, 1.82) is 0 Å². The van der Waals surface area contributed by atoms with Crippen molar-refractivity contribution < 1.29 is 9.90 Å². The molecule has 88 valence electrons. The number of rotatable bonds is 2. The number of carboxylic acid groups (broad SMARTS) is 1. The summed E-state index contributed by atoms with van der Waals surface area (Å²) in [5, 5.41) is 17.4. The van der Waals surface area contributed by atoms with Gasteiger partial charge in [-0.15, -0.1) is 0 Å². The van der Waals surface area contributed by atoms with Gasteiger partial charge in [-0.25, -0.2) is 0 Å². The zero-order chi connectivity index (χ0) is 12.0. The molecule has 1 saturated carbocycles. The second-order valence-electron chi connectivity index (χ2n) is 4.51. The maximum atomic E-state index is 11.4. The molecule has 2 aromatic rings. The number of halogens is 1. The van der Waals surface area contributed by atoms with E-state index < -0.39 is 11.4 Å². The molecule has 0 amide bonds. The van der Waals surface area contributed by atoms with Gasteiger partial charge < -0.3 is 5.11 Å². The summed E-state index contributed by atoms with van der Waals surface area (Å²) >= 11 is 5.92. The maximum Gasteiger partial charge on any atom is 0.314 e. The number of nitrogens with zero attached hydrogens (tertiary/aromatic N) is 1. The fourth-order valence-corrected chi connectivity index (χ4v) is 2.64. The van der Waals surface area contributed by atoms with Gasteiger partial charge in [-0.1, -0.05) is 24.1 Å². The lowest BCUT2D eigenvalue weighted by Crippen LogP contribution is -2.42. The summed E-state index contributed by atoms with van der Waals surface area (Å²) in [5.74, 6) is -0.746. The van der Waals surface area contributed by atoms with E-state index in [9.17, 15) is 9.90 Å². The Morgan fingerprint density at radius 2 is 2.24 bits per heavy atom. The first-order valence-electron chi connectivity index (χ1n) is 5.51. The number of aromatic nitrogens is 2. The van der Waals surface area contributed by atoms with E-state index in [1.165, 1.54) is 0 Å². The van der Waals surface area contributed by atoms with Crippen molar-refractivity contribution in [2.24, 2.45) is 0 Å². The molecule has 1 fully saturated rings. The third-order valence-electron chi connectivity index (χ3n) is 3.68. The summed E-state index contributed by atoms with van der Waals surface area (Å²) in [6.07, 6.45) is 2.36. The van der Waals surface area contributed by atoms with Gasteiger partial charge in [0, 0.05) is 5.39 Å². The van der Waals surface area contributed by atoms with Crippen LogP contribution < -0.4 is 0 Å². The van der Waals surface area contributed by atoms with E-state index in [1.807, 2.05) is 18.2 Å². The van der Waals surface area contributed by atoms with Crippen molar-refractivity contribution in [3.8, 4) is 0 Å². The van der Waals surface area contributed by atoms with E-state index in [1.54, 1.807) is 0 Å². The third-order valence-corrected chi connectivity index (χ3v) is 3.97. The zero-order valence-electron chi connectivity index (χ0n) is 9.03. The molecule has 0 unspecified atom stereocenters. The van der Waals surface area contributed by atoms with E-state index >= 15 is 0 Å². The van der Waals surface area contributed by atoms with Gasteiger partial charge in [-0.05, 0) is 30.5 Å². The van der Waals surface area contributed by atoms with Gasteiger partial charge in [0.2, 0.25) is 0 Å². The van der Waals surface area contributed by atoms with Gasteiger partial charge in [0.05, 0.1) is 10.9 Å². The average molecular weight is 251 g/mol. The number of carbonyl (C=O) groups is 1. The highest BCUT2D eigenvalue weighted by atomic mass is 35.5. The Kier molecular flexibility index (Phi) is 2.16. The minimum Gasteiger partial charge on any atom is -0.481 e. The molecule has 0 spiro atoms. The van der Waals surface area contributed by atoms with Crippen LogP contribution >= 0.6 is 11.6 Å². The van der Waals surface area contributed by atoms with Crippen LogP contribution in [-0.4, -0.2) is 21.3 Å². The summed E-state index contributed by atoms with van der Waals surface area (Å²) in [6.45, 7) is 0. The smallest absolute Gasteiger partial charge is 0.314 e. The normalized spacial score (nSPS) is 17.9. The Balaban J connectivity index is 2.14. The number of H-pyrrole nitrogens is 1. The molecule has 3 rings (SSSR count). The summed E-state index contributed by atoms with van der Waals surface area (Å²) in [7, 11) is 0. The van der Waals surface area contributed by atoms with Crippen LogP contribution in [0.15, 0.2) is 18.2 Å². The first-order chi connectivity index (χ1) is 8.13. The number of nitrogens with one attached hydrogen (secondary N) is 1. The number of hydrogen-bond acceptors (Lipinski definition) is 2. The minimum absolute atomic E-state index is 0.490. The molecule has 5 heteroatoms. The molecule has 0 radical (unpaired) electrons. The molecule has 0 bridgehead atoms. The van der Waals surface area contributed by atoms with Crippen molar-refractivity contribution in [3.63, 3.8) is 0 Å².